The third-order valence-corrected chi connectivity index (χ3v) is 3.24. The number of pyridine rings is 1. The van der Waals surface area contributed by atoms with E-state index in [1.165, 1.54) is 20.0 Å². The molecule has 0 unspecified atom stereocenters. The van der Waals surface area contributed by atoms with Gasteiger partial charge in [0.1, 0.15) is 5.82 Å². The molecule has 0 aliphatic carbocycles. The van der Waals surface area contributed by atoms with Crippen LogP contribution in [-0.2, 0) is 9.53 Å². The summed E-state index contributed by atoms with van der Waals surface area (Å²) in [6.07, 6.45) is 4.36. The molecule has 0 saturated carbocycles. The molecule has 5 nitrogen and oxygen atoms in total. The van der Waals surface area contributed by atoms with Gasteiger partial charge in [-0.15, -0.1) is 0 Å². The van der Waals surface area contributed by atoms with Crippen LogP contribution >= 0.6 is 0 Å². The van der Waals surface area contributed by atoms with Gasteiger partial charge in [0.05, 0.1) is 13.5 Å². The molecule has 5 heteroatoms. The third kappa shape index (κ3) is 2.98. The Hall–Kier alpha value is -1.62. The Balaban J connectivity index is 2.08. The number of carbonyl (C=O) groups is 1. The first kappa shape index (κ1) is 12.8. The lowest BCUT2D eigenvalue weighted by molar-refractivity contribution is -0.141. The average Bonchev–Trinajstić information content (AvgIpc) is 2.92. The summed E-state index contributed by atoms with van der Waals surface area (Å²) in [5.74, 6) is 0.660. The van der Waals surface area contributed by atoms with Crippen LogP contribution in [0.15, 0.2) is 18.3 Å². The van der Waals surface area contributed by atoms with Crippen LogP contribution < -0.4 is 10.6 Å². The first-order valence-corrected chi connectivity index (χ1v) is 6.24. The minimum Gasteiger partial charge on any atom is -0.469 e. The van der Waals surface area contributed by atoms with E-state index in [0.29, 0.717) is 0 Å². The van der Waals surface area contributed by atoms with E-state index in [1.807, 2.05) is 12.1 Å². The van der Waals surface area contributed by atoms with Crippen LogP contribution in [0.2, 0.25) is 0 Å². The highest BCUT2D eigenvalue weighted by atomic mass is 16.5. The van der Waals surface area contributed by atoms with Crippen molar-refractivity contribution in [3.05, 3.63) is 23.9 Å². The fourth-order valence-corrected chi connectivity index (χ4v) is 2.16. The van der Waals surface area contributed by atoms with E-state index < -0.39 is 0 Å². The van der Waals surface area contributed by atoms with Gasteiger partial charge >= 0.3 is 5.97 Å². The minimum absolute atomic E-state index is 0.194. The largest absolute Gasteiger partial charge is 0.469 e. The zero-order valence-electron chi connectivity index (χ0n) is 10.6. The van der Waals surface area contributed by atoms with Crippen molar-refractivity contribution in [2.75, 3.05) is 25.1 Å². The zero-order chi connectivity index (χ0) is 13.0. The summed E-state index contributed by atoms with van der Waals surface area (Å²) in [4.78, 5) is 17.8. The number of rotatable bonds is 4. The summed E-state index contributed by atoms with van der Waals surface area (Å²) < 4.78 is 4.63. The maximum Gasteiger partial charge on any atom is 0.307 e. The van der Waals surface area contributed by atoms with Crippen molar-refractivity contribution >= 4 is 11.8 Å². The molecule has 0 bridgehead atoms. The van der Waals surface area contributed by atoms with E-state index in [0.717, 1.165) is 24.5 Å². The number of nitrogens with zero attached hydrogens (tertiary/aromatic N) is 2. The summed E-state index contributed by atoms with van der Waals surface area (Å²) in [5.41, 5.74) is 6.92. The van der Waals surface area contributed by atoms with E-state index in [9.17, 15) is 4.79 Å². The van der Waals surface area contributed by atoms with Gasteiger partial charge in [-0.1, -0.05) is 0 Å². The van der Waals surface area contributed by atoms with Crippen molar-refractivity contribution in [1.29, 1.82) is 0 Å². The van der Waals surface area contributed by atoms with Crippen molar-refractivity contribution in [3.63, 3.8) is 0 Å². The second-order valence-corrected chi connectivity index (χ2v) is 4.53. The summed E-state index contributed by atoms with van der Waals surface area (Å²) in [7, 11) is 1.37. The Bertz CT molecular complexity index is 416. The van der Waals surface area contributed by atoms with Crippen molar-refractivity contribution < 1.29 is 9.53 Å². The maximum absolute atomic E-state index is 11.2. The van der Waals surface area contributed by atoms with Crippen LogP contribution in [0.25, 0.3) is 0 Å². The number of hydrogen-bond acceptors (Lipinski definition) is 5. The molecule has 1 atom stereocenters. The normalized spacial score (nSPS) is 16.7. The van der Waals surface area contributed by atoms with Gasteiger partial charge in [-0.05, 0) is 30.5 Å². The second kappa shape index (κ2) is 5.82. The Labute approximate surface area is 107 Å². The molecule has 98 valence electrons. The van der Waals surface area contributed by atoms with Crippen LogP contribution in [0.3, 0.4) is 0 Å². The molecule has 0 aromatic carbocycles. The van der Waals surface area contributed by atoms with E-state index in [2.05, 4.69) is 14.6 Å². The topological polar surface area (TPSA) is 68.5 Å². The van der Waals surface area contributed by atoms with Crippen LogP contribution in [-0.4, -0.2) is 31.2 Å². The number of anilines is 1. The molecule has 1 aromatic heterocycles. The molecule has 0 amide bonds. The van der Waals surface area contributed by atoms with Crippen LogP contribution in [0.4, 0.5) is 5.82 Å². The van der Waals surface area contributed by atoms with Gasteiger partial charge in [-0.25, -0.2) is 4.98 Å². The highest BCUT2D eigenvalue weighted by molar-refractivity contribution is 5.70. The van der Waals surface area contributed by atoms with Gasteiger partial charge in [0.15, 0.2) is 0 Å². The lowest BCUT2D eigenvalue weighted by Gasteiger charge is -2.18. The smallest absolute Gasteiger partial charge is 0.307 e. The summed E-state index contributed by atoms with van der Waals surface area (Å²) in [6.45, 7) is 2.09. The first-order valence-electron chi connectivity index (χ1n) is 6.24. The van der Waals surface area contributed by atoms with Crippen molar-refractivity contribution in [1.82, 2.24) is 4.98 Å². The fraction of sp³-hybridized carbons (Fsp3) is 0.538. The highest BCUT2D eigenvalue weighted by Crippen LogP contribution is 2.22. The van der Waals surface area contributed by atoms with Gasteiger partial charge in [0, 0.05) is 25.3 Å². The Kier molecular flexibility index (Phi) is 4.15. The van der Waals surface area contributed by atoms with E-state index >= 15 is 0 Å². The monoisotopic (exact) mass is 249 g/mol. The Morgan fingerprint density at radius 1 is 1.56 bits per heavy atom. The molecular formula is C13H19N3O2. The number of esters is 1. The molecule has 1 aliphatic heterocycles. The molecule has 2 rings (SSSR count). The standard InChI is InChI=1S/C13H19N3O2/c1-18-13(17)9-11(14)10-4-5-15-12(8-10)16-6-2-3-7-16/h4-5,8,11H,2-3,6-7,9,14H2,1H3/t11-/m0/s1. The minimum atomic E-state index is -0.332. The zero-order valence-corrected chi connectivity index (χ0v) is 10.6. The summed E-state index contributed by atoms with van der Waals surface area (Å²) in [6, 6.07) is 3.49. The summed E-state index contributed by atoms with van der Waals surface area (Å²) >= 11 is 0. The predicted octanol–water partition coefficient (Wildman–Crippen LogP) is 1.24. The van der Waals surface area contributed by atoms with Crippen LogP contribution in [0.5, 0.6) is 0 Å². The lowest BCUT2D eigenvalue weighted by atomic mass is 10.1. The molecular weight excluding hydrogens is 230 g/mol. The van der Waals surface area contributed by atoms with E-state index in [1.54, 1.807) is 6.20 Å². The number of hydrogen-bond donors (Lipinski definition) is 1. The first-order chi connectivity index (χ1) is 8.70. The lowest BCUT2D eigenvalue weighted by Crippen LogP contribution is -2.21. The van der Waals surface area contributed by atoms with Gasteiger partial charge < -0.3 is 15.4 Å². The van der Waals surface area contributed by atoms with Gasteiger partial charge in [0.2, 0.25) is 0 Å². The van der Waals surface area contributed by atoms with E-state index in [4.69, 9.17) is 5.73 Å². The fourth-order valence-electron chi connectivity index (χ4n) is 2.16. The van der Waals surface area contributed by atoms with Gasteiger partial charge in [-0.2, -0.15) is 0 Å². The van der Waals surface area contributed by atoms with Gasteiger partial charge in [-0.3, -0.25) is 4.79 Å². The molecule has 1 fully saturated rings. The number of carbonyl (C=O) groups excluding carboxylic acids is 1. The Morgan fingerprint density at radius 3 is 2.94 bits per heavy atom. The van der Waals surface area contributed by atoms with E-state index in [-0.39, 0.29) is 18.4 Å². The molecule has 2 N–H and O–H groups in total. The predicted molar refractivity (Wildman–Crippen MR) is 69.2 cm³/mol. The molecule has 0 radical (unpaired) electrons. The van der Waals surface area contributed by atoms with Gasteiger partial charge in [0.25, 0.3) is 0 Å². The second-order valence-electron chi connectivity index (χ2n) is 4.53. The molecule has 1 aromatic rings. The summed E-state index contributed by atoms with van der Waals surface area (Å²) in [5, 5.41) is 0. The molecule has 2 heterocycles. The quantitative estimate of drug-likeness (QED) is 0.813. The molecule has 0 spiro atoms. The molecule has 1 aliphatic rings. The van der Waals surface area contributed by atoms with Crippen molar-refractivity contribution in [2.24, 2.45) is 5.73 Å². The highest BCUT2D eigenvalue weighted by Gasteiger charge is 2.16. The van der Waals surface area contributed by atoms with Crippen LogP contribution in [0.1, 0.15) is 30.9 Å². The molecule has 1 saturated heterocycles. The van der Waals surface area contributed by atoms with Crippen molar-refractivity contribution in [3.8, 4) is 0 Å². The SMILES string of the molecule is COC(=O)C[C@H](N)c1ccnc(N2CCCC2)c1. The average molecular weight is 249 g/mol. The third-order valence-electron chi connectivity index (χ3n) is 3.24. The Morgan fingerprint density at radius 2 is 2.28 bits per heavy atom. The van der Waals surface area contributed by atoms with Crippen molar-refractivity contribution in [2.45, 2.75) is 25.3 Å². The number of methoxy groups -OCH3 is 1. The van der Waals surface area contributed by atoms with Crippen LogP contribution in [0, 0.1) is 0 Å². The number of aromatic nitrogens is 1. The number of ether oxygens (including phenoxy) is 1. The molecule has 18 heavy (non-hydrogen) atoms. The number of nitrogens with two attached hydrogens (primary N) is 1. The maximum atomic E-state index is 11.2.